The van der Waals surface area contributed by atoms with Gasteiger partial charge >= 0.3 is 0 Å². The van der Waals surface area contributed by atoms with E-state index in [4.69, 9.17) is 10.5 Å². The second-order valence-corrected chi connectivity index (χ2v) is 9.91. The average Bonchev–Trinajstić information content (AvgIpc) is 2.84. The van der Waals surface area contributed by atoms with Crippen molar-refractivity contribution in [1.29, 1.82) is 0 Å². The van der Waals surface area contributed by atoms with Crippen molar-refractivity contribution >= 4 is 5.78 Å². The predicted octanol–water partition coefficient (Wildman–Crippen LogP) is 5.17. The van der Waals surface area contributed by atoms with Crippen molar-refractivity contribution in [2.75, 3.05) is 26.7 Å². The van der Waals surface area contributed by atoms with Crippen LogP contribution in [0.3, 0.4) is 0 Å². The van der Waals surface area contributed by atoms with Gasteiger partial charge in [-0.15, -0.1) is 0 Å². The van der Waals surface area contributed by atoms with Gasteiger partial charge in [-0.3, -0.25) is 4.79 Å². The fraction of sp³-hybridized carbons (Fsp3) is 0.536. The third-order valence-corrected chi connectivity index (χ3v) is 7.87. The van der Waals surface area contributed by atoms with Gasteiger partial charge in [0.05, 0.1) is 7.11 Å². The van der Waals surface area contributed by atoms with Crippen molar-refractivity contribution in [3.63, 3.8) is 0 Å². The molecule has 1 unspecified atom stereocenters. The lowest BCUT2D eigenvalue weighted by Gasteiger charge is -2.45. The molecular formula is C28H38N2O2. The predicted molar refractivity (Wildman–Crippen MR) is 130 cm³/mol. The Morgan fingerprint density at radius 3 is 2.44 bits per heavy atom. The minimum Gasteiger partial charge on any atom is -0.497 e. The first-order chi connectivity index (χ1) is 15.6. The maximum absolute atomic E-state index is 13.0. The Morgan fingerprint density at radius 2 is 1.78 bits per heavy atom. The zero-order chi connectivity index (χ0) is 22.4. The first-order valence-corrected chi connectivity index (χ1v) is 12.3. The minimum atomic E-state index is 0.106. The molecule has 2 aromatic carbocycles. The maximum atomic E-state index is 13.0. The number of benzene rings is 2. The highest BCUT2D eigenvalue weighted by atomic mass is 16.5. The van der Waals surface area contributed by atoms with E-state index in [1.54, 1.807) is 7.11 Å². The Balaban J connectivity index is 1.20. The highest BCUT2D eigenvalue weighted by Gasteiger charge is 2.41. The molecule has 0 amide bonds. The summed E-state index contributed by atoms with van der Waals surface area (Å²) in [5.41, 5.74) is 9.16. The summed E-state index contributed by atoms with van der Waals surface area (Å²) in [5, 5.41) is 0. The summed E-state index contributed by atoms with van der Waals surface area (Å²) in [6.45, 7) is 3.25. The molecule has 2 fully saturated rings. The van der Waals surface area contributed by atoms with E-state index in [0.717, 1.165) is 70.3 Å². The third-order valence-electron chi connectivity index (χ3n) is 7.87. The molecule has 172 valence electrons. The van der Waals surface area contributed by atoms with E-state index in [1.807, 2.05) is 18.2 Å². The van der Waals surface area contributed by atoms with Crippen LogP contribution in [0.1, 0.15) is 62.1 Å². The lowest BCUT2D eigenvalue weighted by Crippen LogP contribution is -2.44. The molecule has 4 rings (SSSR count). The van der Waals surface area contributed by atoms with E-state index in [-0.39, 0.29) is 17.4 Å². The van der Waals surface area contributed by atoms with Crippen LogP contribution in [-0.4, -0.2) is 37.4 Å². The summed E-state index contributed by atoms with van der Waals surface area (Å²) < 4.78 is 5.24. The normalized spacial score (nSPS) is 22.1. The number of hydrogen-bond acceptors (Lipinski definition) is 4. The number of Topliss-reactive ketones (excluding diaryl/α,β-unsaturated/α-hetero) is 1. The van der Waals surface area contributed by atoms with Gasteiger partial charge < -0.3 is 15.4 Å². The van der Waals surface area contributed by atoms with Crippen LogP contribution >= 0.6 is 0 Å². The molecule has 1 heterocycles. The van der Waals surface area contributed by atoms with Crippen molar-refractivity contribution in [2.45, 2.75) is 57.4 Å². The third kappa shape index (κ3) is 5.79. The molecule has 4 nitrogen and oxygen atoms in total. The molecule has 2 aliphatic rings. The van der Waals surface area contributed by atoms with Crippen LogP contribution in [-0.2, 0) is 11.2 Å². The number of methoxy groups -OCH3 is 1. The Morgan fingerprint density at radius 1 is 1.06 bits per heavy atom. The Hall–Kier alpha value is -2.17. The number of hydrogen-bond donors (Lipinski definition) is 1. The van der Waals surface area contributed by atoms with Gasteiger partial charge in [-0.1, -0.05) is 42.5 Å². The van der Waals surface area contributed by atoms with Crippen LogP contribution in [0.2, 0.25) is 0 Å². The molecule has 2 aromatic rings. The summed E-state index contributed by atoms with van der Waals surface area (Å²) in [5.74, 6) is 1.63. The fourth-order valence-electron chi connectivity index (χ4n) is 5.55. The van der Waals surface area contributed by atoms with Crippen LogP contribution in [0.5, 0.6) is 5.75 Å². The monoisotopic (exact) mass is 434 g/mol. The highest BCUT2D eigenvalue weighted by molar-refractivity contribution is 5.82. The molecule has 1 saturated heterocycles. The number of nitrogens with zero attached hydrogens (tertiary/aromatic N) is 1. The number of carbonyl (C=O) groups excluding carboxylic acids is 1. The van der Waals surface area contributed by atoms with E-state index in [2.05, 4.69) is 41.3 Å². The second kappa shape index (κ2) is 10.6. The lowest BCUT2D eigenvalue weighted by atomic mass is 9.64. The highest BCUT2D eigenvalue weighted by Crippen LogP contribution is 2.45. The van der Waals surface area contributed by atoms with Crippen LogP contribution in [0, 0.1) is 11.3 Å². The zero-order valence-electron chi connectivity index (χ0n) is 19.5. The van der Waals surface area contributed by atoms with Gasteiger partial charge in [0.25, 0.3) is 0 Å². The van der Waals surface area contributed by atoms with Crippen molar-refractivity contribution in [1.82, 2.24) is 4.90 Å². The Bertz CT molecular complexity index is 857. The van der Waals surface area contributed by atoms with Crippen LogP contribution in [0.15, 0.2) is 54.6 Å². The largest absolute Gasteiger partial charge is 0.497 e. The molecule has 1 aliphatic heterocycles. The second-order valence-electron chi connectivity index (χ2n) is 9.91. The molecule has 1 aliphatic carbocycles. The van der Waals surface area contributed by atoms with Gasteiger partial charge in [-0.2, -0.15) is 0 Å². The van der Waals surface area contributed by atoms with Gasteiger partial charge in [0.15, 0.2) is 0 Å². The number of aryl methyl sites for hydroxylation is 1. The zero-order valence-corrected chi connectivity index (χ0v) is 19.5. The molecule has 4 heteroatoms. The van der Waals surface area contributed by atoms with E-state index in [1.165, 1.54) is 17.5 Å². The first-order valence-electron chi connectivity index (χ1n) is 12.3. The summed E-state index contributed by atoms with van der Waals surface area (Å²) in [4.78, 5) is 15.5. The smallest absolute Gasteiger partial charge is 0.136 e. The summed E-state index contributed by atoms with van der Waals surface area (Å²) >= 11 is 0. The van der Waals surface area contributed by atoms with E-state index in [0.29, 0.717) is 5.78 Å². The van der Waals surface area contributed by atoms with Gasteiger partial charge in [0.1, 0.15) is 11.5 Å². The van der Waals surface area contributed by atoms with Crippen LogP contribution in [0.25, 0.3) is 0 Å². The van der Waals surface area contributed by atoms with Crippen molar-refractivity contribution in [3.8, 4) is 5.75 Å². The Kier molecular flexibility index (Phi) is 7.64. The number of likely N-dealkylation sites (tertiary alicyclic amines) is 1. The molecular weight excluding hydrogens is 396 g/mol. The van der Waals surface area contributed by atoms with Crippen LogP contribution < -0.4 is 10.5 Å². The van der Waals surface area contributed by atoms with Crippen molar-refractivity contribution < 1.29 is 9.53 Å². The number of ether oxygens (including phenoxy) is 1. The molecule has 32 heavy (non-hydrogen) atoms. The van der Waals surface area contributed by atoms with Gasteiger partial charge in [-0.25, -0.2) is 0 Å². The molecule has 2 N–H and O–H groups in total. The fourth-order valence-corrected chi connectivity index (χ4v) is 5.55. The number of nitrogens with two attached hydrogens (primary N) is 1. The van der Waals surface area contributed by atoms with Gasteiger partial charge in [0, 0.05) is 18.4 Å². The quantitative estimate of drug-likeness (QED) is 0.623. The Labute approximate surface area is 193 Å². The van der Waals surface area contributed by atoms with E-state index in [9.17, 15) is 4.79 Å². The van der Waals surface area contributed by atoms with Gasteiger partial charge in [-0.05, 0) is 93.3 Å². The maximum Gasteiger partial charge on any atom is 0.136 e. The topological polar surface area (TPSA) is 55.6 Å². The van der Waals surface area contributed by atoms with E-state index < -0.39 is 0 Å². The lowest BCUT2D eigenvalue weighted by molar-refractivity contribution is -0.130. The molecule has 1 saturated carbocycles. The number of ketones is 1. The van der Waals surface area contributed by atoms with Gasteiger partial charge in [0.2, 0.25) is 0 Å². The average molecular weight is 435 g/mol. The summed E-state index contributed by atoms with van der Waals surface area (Å²) in [7, 11) is 1.69. The standard InChI is InChI=1S/C28H38N2O2/c1-32-25-11-8-22(9-12-25)7-10-24-13-15-28(21-27(24)31)16-19-30(20-17-28)18-14-26(29)23-5-3-2-4-6-23/h2-6,8-9,11-12,24,26H,7,10,13-21,29H2,1H3/t24?,26-/m0/s1. The first kappa shape index (κ1) is 23.0. The molecule has 1 spiro atoms. The number of rotatable bonds is 8. The summed E-state index contributed by atoms with van der Waals surface area (Å²) in [6.07, 6.45) is 8.32. The number of piperidine rings is 1. The molecule has 0 aromatic heterocycles. The summed E-state index contributed by atoms with van der Waals surface area (Å²) in [6, 6.07) is 18.8. The molecule has 0 radical (unpaired) electrons. The molecule has 2 atom stereocenters. The molecule has 0 bridgehead atoms. The van der Waals surface area contributed by atoms with Crippen molar-refractivity contribution in [2.24, 2.45) is 17.1 Å². The van der Waals surface area contributed by atoms with Crippen molar-refractivity contribution in [3.05, 3.63) is 65.7 Å². The van der Waals surface area contributed by atoms with E-state index >= 15 is 0 Å². The SMILES string of the molecule is COc1ccc(CCC2CCC3(CCN(CC[C@H](N)c4ccccc4)CC3)CC2=O)cc1. The minimum absolute atomic E-state index is 0.106. The van der Waals surface area contributed by atoms with Crippen LogP contribution in [0.4, 0.5) is 0 Å². The number of carbonyl (C=O) groups is 1.